The summed E-state index contributed by atoms with van der Waals surface area (Å²) < 4.78 is 6.79. The molecule has 37 heavy (non-hydrogen) atoms. The van der Waals surface area contributed by atoms with E-state index in [2.05, 4.69) is 22.1 Å². The van der Waals surface area contributed by atoms with Crippen molar-refractivity contribution in [3.63, 3.8) is 0 Å². The topological polar surface area (TPSA) is 116 Å². The molecule has 0 amide bonds. The zero-order chi connectivity index (χ0) is 25.4. The van der Waals surface area contributed by atoms with Gasteiger partial charge in [0.25, 0.3) is 0 Å². The molecule has 8 nitrogen and oxygen atoms in total. The highest BCUT2D eigenvalue weighted by Crippen LogP contribution is 2.41. The van der Waals surface area contributed by atoms with Gasteiger partial charge in [0, 0.05) is 12.0 Å². The predicted molar refractivity (Wildman–Crippen MR) is 141 cm³/mol. The van der Waals surface area contributed by atoms with Crippen molar-refractivity contribution in [3.8, 4) is 22.9 Å². The minimum atomic E-state index is -0.552. The quantitative estimate of drug-likeness (QED) is 0.240. The average molecular weight is 497 g/mol. The Morgan fingerprint density at radius 3 is 2.54 bits per heavy atom. The smallest absolute Gasteiger partial charge is 0.329 e. The maximum atomic E-state index is 13.3. The second kappa shape index (κ2) is 9.63. The maximum absolute atomic E-state index is 13.3. The summed E-state index contributed by atoms with van der Waals surface area (Å²) in [5.41, 5.74) is 4.63. The molecule has 0 unspecified atom stereocenters. The van der Waals surface area contributed by atoms with Gasteiger partial charge in [-0.3, -0.25) is 4.57 Å². The van der Waals surface area contributed by atoms with Gasteiger partial charge in [0.2, 0.25) is 5.88 Å². The van der Waals surface area contributed by atoms with Gasteiger partial charge in [0.1, 0.15) is 29.9 Å². The number of hydrogen-bond donors (Lipinski definition) is 4. The number of nitrogens with one attached hydrogen (secondary N) is 2. The van der Waals surface area contributed by atoms with Crippen LogP contribution >= 0.6 is 0 Å². The monoisotopic (exact) mass is 496 g/mol. The van der Waals surface area contributed by atoms with E-state index in [-0.39, 0.29) is 19.1 Å². The van der Waals surface area contributed by atoms with Gasteiger partial charge in [0.15, 0.2) is 0 Å². The Bertz CT molecular complexity index is 1580. The summed E-state index contributed by atoms with van der Waals surface area (Å²) in [5.74, 6) is 1.67. The van der Waals surface area contributed by atoms with Crippen molar-refractivity contribution in [3.05, 3.63) is 100 Å². The Kier molecular flexibility index (Phi) is 6.02. The Morgan fingerprint density at radius 1 is 1.03 bits per heavy atom. The molecule has 2 heterocycles. The molecule has 1 atom stereocenters. The van der Waals surface area contributed by atoms with Gasteiger partial charge in [-0.1, -0.05) is 36.4 Å². The first-order valence-corrected chi connectivity index (χ1v) is 12.5. The van der Waals surface area contributed by atoms with E-state index in [0.717, 1.165) is 16.6 Å². The van der Waals surface area contributed by atoms with Crippen LogP contribution in [0.3, 0.4) is 0 Å². The molecule has 0 radical (unpaired) electrons. The zero-order valence-corrected chi connectivity index (χ0v) is 20.2. The number of aromatic nitrogens is 4. The first-order valence-electron chi connectivity index (χ1n) is 12.5. The molecule has 0 aliphatic heterocycles. The fourth-order valence-corrected chi connectivity index (χ4v) is 4.83. The highest BCUT2D eigenvalue weighted by Gasteiger charge is 2.27. The van der Waals surface area contributed by atoms with Crippen LogP contribution in [0.25, 0.3) is 22.3 Å². The van der Waals surface area contributed by atoms with E-state index in [0.29, 0.717) is 35.2 Å². The van der Waals surface area contributed by atoms with Gasteiger partial charge in [-0.25, -0.2) is 9.78 Å². The van der Waals surface area contributed by atoms with E-state index >= 15 is 0 Å². The van der Waals surface area contributed by atoms with Crippen LogP contribution in [0.2, 0.25) is 0 Å². The van der Waals surface area contributed by atoms with Crippen LogP contribution in [0.1, 0.15) is 41.8 Å². The summed E-state index contributed by atoms with van der Waals surface area (Å²) in [5, 5.41) is 20.3. The van der Waals surface area contributed by atoms with Crippen LogP contribution in [0, 0.1) is 0 Å². The Labute approximate surface area is 213 Å². The highest BCUT2D eigenvalue weighted by atomic mass is 16.5. The van der Waals surface area contributed by atoms with Crippen molar-refractivity contribution in [1.29, 1.82) is 0 Å². The number of aromatic amines is 2. The Balaban J connectivity index is 1.41. The van der Waals surface area contributed by atoms with Crippen LogP contribution < -0.4 is 10.4 Å². The van der Waals surface area contributed by atoms with Gasteiger partial charge >= 0.3 is 5.69 Å². The summed E-state index contributed by atoms with van der Waals surface area (Å²) in [4.78, 5) is 24.4. The zero-order valence-electron chi connectivity index (χ0n) is 20.2. The van der Waals surface area contributed by atoms with Crippen LogP contribution in [0.4, 0.5) is 0 Å². The number of aliphatic hydroxyl groups excluding tert-OH is 1. The number of aromatic hydroxyl groups is 1. The van der Waals surface area contributed by atoms with E-state index in [9.17, 15) is 9.90 Å². The molecule has 1 saturated carbocycles. The summed E-state index contributed by atoms with van der Waals surface area (Å²) in [6.45, 7) is 0.115. The van der Waals surface area contributed by atoms with Gasteiger partial charge < -0.3 is 24.9 Å². The lowest BCUT2D eigenvalue weighted by atomic mass is 10.1. The second-order valence-electron chi connectivity index (χ2n) is 9.47. The number of imidazole rings is 2. The Morgan fingerprint density at radius 2 is 1.81 bits per heavy atom. The van der Waals surface area contributed by atoms with Crippen LogP contribution in [-0.2, 0) is 6.42 Å². The fourth-order valence-electron chi connectivity index (χ4n) is 4.83. The van der Waals surface area contributed by atoms with Crippen LogP contribution in [0.15, 0.2) is 77.6 Å². The molecule has 2 aromatic heterocycles. The SMILES string of the molecule is O=c1[nH]c(-c2ccc(OCCO)cc2)c(O)n1[C@@H](Cc1ccccc1)c1nc2ccc(C3CC3)cc2[nH]1. The molecule has 3 aromatic carbocycles. The molecular weight excluding hydrogens is 468 g/mol. The van der Waals surface area contributed by atoms with E-state index < -0.39 is 11.7 Å². The first kappa shape index (κ1) is 23.1. The number of rotatable bonds is 9. The van der Waals surface area contributed by atoms with Crippen molar-refractivity contribution in [2.24, 2.45) is 0 Å². The average Bonchev–Trinajstić information content (AvgIpc) is 3.62. The predicted octanol–water partition coefficient (Wildman–Crippen LogP) is 4.51. The number of benzene rings is 3. The van der Waals surface area contributed by atoms with Crippen LogP contribution in [-0.4, -0.2) is 42.9 Å². The molecule has 1 aliphatic rings. The summed E-state index contributed by atoms with van der Waals surface area (Å²) >= 11 is 0. The summed E-state index contributed by atoms with van der Waals surface area (Å²) in [6, 6.07) is 22.6. The van der Waals surface area contributed by atoms with Gasteiger partial charge in [-0.05, 0) is 66.3 Å². The largest absolute Gasteiger partial charge is 0.493 e. The number of fused-ring (bicyclic) bond motifs is 1. The molecule has 1 fully saturated rings. The number of aliphatic hydroxyl groups is 1. The van der Waals surface area contributed by atoms with Crippen molar-refractivity contribution in [2.75, 3.05) is 13.2 Å². The minimum Gasteiger partial charge on any atom is -0.493 e. The third kappa shape index (κ3) is 4.63. The third-order valence-electron chi connectivity index (χ3n) is 6.88. The molecule has 5 aromatic rings. The first-order chi connectivity index (χ1) is 18.1. The van der Waals surface area contributed by atoms with Crippen molar-refractivity contribution >= 4 is 11.0 Å². The highest BCUT2D eigenvalue weighted by molar-refractivity contribution is 5.76. The Hall–Kier alpha value is -4.30. The van der Waals surface area contributed by atoms with Crippen LogP contribution in [0.5, 0.6) is 11.6 Å². The number of ether oxygens (including phenoxy) is 1. The van der Waals surface area contributed by atoms with Gasteiger partial charge in [-0.2, -0.15) is 0 Å². The van der Waals surface area contributed by atoms with Crippen molar-refractivity contribution in [2.45, 2.75) is 31.2 Å². The van der Waals surface area contributed by atoms with Gasteiger partial charge in [-0.15, -0.1) is 0 Å². The lowest BCUT2D eigenvalue weighted by molar-refractivity contribution is 0.201. The van der Waals surface area contributed by atoms with Crippen molar-refractivity contribution < 1.29 is 14.9 Å². The number of hydrogen-bond acceptors (Lipinski definition) is 5. The normalized spacial score (nSPS) is 14.2. The fraction of sp³-hybridized carbons (Fsp3) is 0.241. The molecule has 1 aliphatic carbocycles. The van der Waals surface area contributed by atoms with Gasteiger partial charge in [0.05, 0.1) is 17.6 Å². The lowest BCUT2D eigenvalue weighted by Crippen LogP contribution is -2.25. The second-order valence-corrected chi connectivity index (χ2v) is 9.47. The van der Waals surface area contributed by atoms with E-state index in [1.165, 1.54) is 23.0 Å². The molecule has 4 N–H and O–H groups in total. The van der Waals surface area contributed by atoms with Crippen molar-refractivity contribution in [1.82, 2.24) is 19.5 Å². The minimum absolute atomic E-state index is 0.0782. The van der Waals surface area contributed by atoms with E-state index in [1.54, 1.807) is 24.3 Å². The summed E-state index contributed by atoms with van der Waals surface area (Å²) in [6.07, 6.45) is 2.90. The molecule has 8 heteroatoms. The molecule has 188 valence electrons. The molecule has 0 bridgehead atoms. The lowest BCUT2D eigenvalue weighted by Gasteiger charge is -2.17. The summed E-state index contributed by atoms with van der Waals surface area (Å²) in [7, 11) is 0. The number of H-pyrrole nitrogens is 2. The van der Waals surface area contributed by atoms with E-state index in [4.69, 9.17) is 14.8 Å². The number of nitrogens with zero attached hydrogens (tertiary/aromatic N) is 2. The van der Waals surface area contributed by atoms with E-state index in [1.807, 2.05) is 36.4 Å². The standard InChI is InChI=1S/C29H28N4O4/c34-14-15-37-22-11-8-20(9-12-22)26-28(35)33(29(36)32-26)25(16-18-4-2-1-3-5-18)27-30-23-13-10-21(19-6-7-19)17-24(23)31-27/h1-5,8-13,17,19,25,34-35H,6-7,14-16H2,(H,30,31)(H,32,36)/t25-/m0/s1. The maximum Gasteiger partial charge on any atom is 0.329 e. The third-order valence-corrected chi connectivity index (χ3v) is 6.88. The molecule has 6 rings (SSSR count). The molecular formula is C29H28N4O4. The molecule has 0 saturated heterocycles. The molecule has 0 spiro atoms.